The van der Waals surface area contributed by atoms with Gasteiger partial charge < -0.3 is 30.4 Å². The van der Waals surface area contributed by atoms with Gasteiger partial charge in [-0.15, -0.1) is 0 Å². The van der Waals surface area contributed by atoms with Crippen LogP contribution >= 0.6 is 18.7 Å². The number of β-amino-alcohol motifs (C(OH)–C–C–N with tert-alkyl or cyclic N) is 1. The van der Waals surface area contributed by atoms with Crippen LogP contribution in [0.25, 0.3) is 0 Å². The number of likely N-dealkylation sites (tertiary alicyclic amines) is 1. The van der Waals surface area contributed by atoms with Crippen molar-refractivity contribution in [3.8, 4) is 5.75 Å². The molecule has 1 aliphatic heterocycles. The minimum Gasteiger partial charge on any atom is -0.495 e. The van der Waals surface area contributed by atoms with Gasteiger partial charge in [-0.25, -0.2) is 4.99 Å². The molecule has 1 amide bonds. The molecule has 4 N–H and O–H groups in total. The zero-order chi connectivity index (χ0) is 29.4. The van der Waals surface area contributed by atoms with Gasteiger partial charge in [0.2, 0.25) is 5.96 Å². The molecule has 12 heteroatoms. The van der Waals surface area contributed by atoms with Gasteiger partial charge in [0, 0.05) is 36.2 Å². The summed E-state index contributed by atoms with van der Waals surface area (Å²) in [5, 5.41) is 19.8. The maximum atomic E-state index is 12.8. The molecule has 0 saturated carbocycles. The lowest BCUT2D eigenvalue weighted by Gasteiger charge is -2.18. The Morgan fingerprint density at radius 3 is 2.52 bits per heavy atom. The first-order valence-corrected chi connectivity index (χ1v) is 15.6. The van der Waals surface area contributed by atoms with Crippen molar-refractivity contribution in [2.45, 2.75) is 19.4 Å². The van der Waals surface area contributed by atoms with Crippen LogP contribution in [-0.2, 0) is 9.36 Å². The molecule has 1 saturated heterocycles. The normalized spacial score (nSPS) is 16.6. The maximum Gasteiger partial charge on any atom is 0.252 e. The number of anilines is 3. The van der Waals surface area contributed by atoms with Gasteiger partial charge in [-0.3, -0.25) is 9.69 Å². The van der Waals surface area contributed by atoms with Gasteiger partial charge in [-0.1, -0.05) is 30.3 Å². The largest absolute Gasteiger partial charge is 0.495 e. The Balaban J connectivity index is 1.81. The van der Waals surface area contributed by atoms with Crippen LogP contribution in [0.3, 0.4) is 0 Å². The number of nitrogens with one attached hydrogen (secondary N) is 3. The van der Waals surface area contributed by atoms with E-state index in [4.69, 9.17) is 16.3 Å². The van der Waals surface area contributed by atoms with Crippen molar-refractivity contribution in [3.05, 3.63) is 65.5 Å². The standard InChI is InChI=1S/C28H36ClN6O4P/c1-18(16-35-14-13-21(36)17-35)27(37)31-20-11-12-24(39-4)23(15-20)33-28(30-3)34-26(19(2)29)32-22-9-7-8-10-25(22)40(5,6)38/h7-12,15,21,32,36H,1,3,13-14,16-17H2,2,4-6H3,(H,31,37)(H,33,34)/b26-19+. The summed E-state index contributed by atoms with van der Waals surface area (Å²) in [6.07, 6.45) is 0.312. The van der Waals surface area contributed by atoms with Crippen molar-refractivity contribution in [1.82, 2.24) is 4.90 Å². The van der Waals surface area contributed by atoms with Crippen LogP contribution in [0.5, 0.6) is 5.75 Å². The van der Waals surface area contributed by atoms with Crippen LogP contribution in [0.1, 0.15) is 13.3 Å². The summed E-state index contributed by atoms with van der Waals surface area (Å²) in [5.74, 6) is 0.533. The molecule has 1 aliphatic rings. The number of aliphatic hydroxyl groups excluding tert-OH is 1. The molecule has 1 atom stereocenters. The molecule has 2 aromatic rings. The van der Waals surface area contributed by atoms with Gasteiger partial charge in [0.05, 0.1) is 29.6 Å². The number of aliphatic imine (C=N–C) groups is 2. The van der Waals surface area contributed by atoms with E-state index in [9.17, 15) is 14.5 Å². The molecule has 214 valence electrons. The minimum absolute atomic E-state index is 0.106. The number of rotatable bonds is 10. The fraction of sp³-hybridized carbons (Fsp3) is 0.321. The molecular weight excluding hydrogens is 551 g/mol. The molecule has 1 unspecified atom stereocenters. The third kappa shape index (κ3) is 8.53. The van der Waals surface area contributed by atoms with Crippen molar-refractivity contribution in [2.24, 2.45) is 9.98 Å². The SMILES string of the molecule is C=N/C(=N\C(Nc1ccccc1P(C)(C)=O)=C(/C)Cl)Nc1cc(NC(=O)C(=C)CN2CCC(O)C2)ccc1OC. The molecule has 0 spiro atoms. The lowest BCUT2D eigenvalue weighted by Crippen LogP contribution is -2.28. The highest BCUT2D eigenvalue weighted by Gasteiger charge is 2.22. The Labute approximate surface area is 240 Å². The van der Waals surface area contributed by atoms with E-state index >= 15 is 0 Å². The molecule has 0 bridgehead atoms. The lowest BCUT2D eigenvalue weighted by atomic mass is 10.2. The molecule has 10 nitrogen and oxygen atoms in total. The Hall–Kier alpha value is -3.43. The number of guanidine groups is 1. The van der Waals surface area contributed by atoms with Crippen LogP contribution in [0.15, 0.2) is 75.5 Å². The molecule has 1 heterocycles. The van der Waals surface area contributed by atoms with Crippen LogP contribution in [0.2, 0.25) is 0 Å². The van der Waals surface area contributed by atoms with E-state index in [-0.39, 0.29) is 23.8 Å². The first-order valence-electron chi connectivity index (χ1n) is 12.6. The second-order valence-electron chi connectivity index (χ2n) is 9.74. The molecular formula is C28H36ClN6O4P. The van der Waals surface area contributed by atoms with Gasteiger partial charge in [-0.05, 0) is 63.7 Å². The number of methoxy groups -OCH3 is 1. The number of halogens is 1. The van der Waals surface area contributed by atoms with Crippen molar-refractivity contribution in [2.75, 3.05) is 56.0 Å². The van der Waals surface area contributed by atoms with Crippen molar-refractivity contribution < 1.29 is 19.2 Å². The predicted molar refractivity (Wildman–Crippen MR) is 166 cm³/mol. The maximum absolute atomic E-state index is 12.8. The van der Waals surface area contributed by atoms with E-state index < -0.39 is 7.14 Å². The summed E-state index contributed by atoms with van der Waals surface area (Å²) < 4.78 is 18.3. The number of hydrogen-bond acceptors (Lipinski definition) is 7. The second kappa shape index (κ2) is 13.8. The monoisotopic (exact) mass is 586 g/mol. The number of ether oxygens (including phenoxy) is 1. The molecule has 1 fully saturated rings. The van der Waals surface area contributed by atoms with E-state index in [1.54, 1.807) is 50.6 Å². The van der Waals surface area contributed by atoms with Gasteiger partial charge in [0.15, 0.2) is 0 Å². The van der Waals surface area contributed by atoms with E-state index in [1.165, 1.54) is 7.11 Å². The number of nitrogens with zero attached hydrogens (tertiary/aromatic N) is 3. The quantitative estimate of drug-likeness (QED) is 0.140. The van der Waals surface area contributed by atoms with E-state index in [0.29, 0.717) is 58.2 Å². The number of carbonyl (C=O) groups is 1. The average Bonchev–Trinajstić information content (AvgIpc) is 3.31. The highest BCUT2D eigenvalue weighted by molar-refractivity contribution is 7.70. The van der Waals surface area contributed by atoms with E-state index in [2.05, 4.69) is 39.2 Å². The molecule has 40 heavy (non-hydrogen) atoms. The first kappa shape index (κ1) is 31.1. The highest BCUT2D eigenvalue weighted by atomic mass is 35.5. The first-order chi connectivity index (χ1) is 18.9. The highest BCUT2D eigenvalue weighted by Crippen LogP contribution is 2.38. The average molecular weight is 587 g/mol. The number of benzene rings is 2. The lowest BCUT2D eigenvalue weighted by molar-refractivity contribution is -0.113. The fourth-order valence-corrected chi connectivity index (χ4v) is 5.34. The van der Waals surface area contributed by atoms with Gasteiger partial charge in [-0.2, -0.15) is 4.99 Å². The van der Waals surface area contributed by atoms with Crippen molar-refractivity contribution >= 4 is 59.7 Å². The topological polar surface area (TPSA) is 128 Å². The number of carbonyl (C=O) groups excluding carboxylic acids is 1. The molecule has 0 aromatic heterocycles. The predicted octanol–water partition coefficient (Wildman–Crippen LogP) is 4.51. The number of amides is 1. The number of hydrogen-bond donors (Lipinski definition) is 4. The third-order valence-electron chi connectivity index (χ3n) is 6.12. The van der Waals surface area contributed by atoms with Gasteiger partial charge >= 0.3 is 0 Å². The summed E-state index contributed by atoms with van der Waals surface area (Å²) in [6, 6.07) is 12.3. The smallest absolute Gasteiger partial charge is 0.252 e. The molecule has 2 aromatic carbocycles. The number of para-hydroxylation sites is 1. The van der Waals surface area contributed by atoms with E-state index in [0.717, 1.165) is 6.54 Å². The van der Waals surface area contributed by atoms with Crippen LogP contribution in [0, 0.1) is 0 Å². The molecule has 0 aliphatic carbocycles. The summed E-state index contributed by atoms with van der Waals surface area (Å²) >= 11 is 6.36. The second-order valence-corrected chi connectivity index (χ2v) is 13.5. The fourth-order valence-electron chi connectivity index (χ4n) is 4.10. The third-order valence-corrected chi connectivity index (χ3v) is 7.85. The van der Waals surface area contributed by atoms with Gasteiger partial charge in [0.1, 0.15) is 18.7 Å². The minimum atomic E-state index is -2.58. The van der Waals surface area contributed by atoms with E-state index in [1.807, 2.05) is 17.0 Å². The zero-order valence-corrected chi connectivity index (χ0v) is 24.9. The van der Waals surface area contributed by atoms with Crippen molar-refractivity contribution in [3.63, 3.8) is 0 Å². The van der Waals surface area contributed by atoms with Crippen LogP contribution in [0.4, 0.5) is 17.1 Å². The van der Waals surface area contributed by atoms with Crippen molar-refractivity contribution in [1.29, 1.82) is 0 Å². The Morgan fingerprint density at radius 2 is 1.93 bits per heavy atom. The summed E-state index contributed by atoms with van der Waals surface area (Å²) in [6.45, 7) is 14.2. The molecule has 3 rings (SSSR count). The summed E-state index contributed by atoms with van der Waals surface area (Å²) in [5.41, 5.74) is 1.97. The summed E-state index contributed by atoms with van der Waals surface area (Å²) in [4.78, 5) is 23.3. The summed E-state index contributed by atoms with van der Waals surface area (Å²) in [7, 11) is -1.07. The Kier molecular flexibility index (Phi) is 10.7. The zero-order valence-electron chi connectivity index (χ0n) is 23.2. The van der Waals surface area contributed by atoms with Gasteiger partial charge in [0.25, 0.3) is 5.91 Å². The van der Waals surface area contributed by atoms with Crippen LogP contribution in [-0.4, -0.2) is 74.8 Å². The van der Waals surface area contributed by atoms with Crippen LogP contribution < -0.4 is 26.0 Å². The Bertz CT molecular complexity index is 1380. The molecule has 0 radical (unpaired) electrons. The number of aliphatic hydroxyl groups is 1. The Morgan fingerprint density at radius 1 is 1.20 bits per heavy atom. The number of allylic oxidation sites excluding steroid dienone is 1.